The summed E-state index contributed by atoms with van der Waals surface area (Å²) in [6.45, 7) is 0.364. The fourth-order valence-corrected chi connectivity index (χ4v) is 3.22. The van der Waals surface area contributed by atoms with Gasteiger partial charge in [-0.3, -0.25) is 14.8 Å². The lowest BCUT2D eigenvalue weighted by molar-refractivity contribution is -0.385. The molecule has 0 amide bonds. The van der Waals surface area contributed by atoms with E-state index in [1.165, 1.54) is 24.6 Å². The second kappa shape index (κ2) is 6.95. The van der Waals surface area contributed by atoms with Gasteiger partial charge in [-0.25, -0.2) is 8.42 Å². The summed E-state index contributed by atoms with van der Waals surface area (Å²) >= 11 is 0. The molecule has 2 rings (SSSR count). The monoisotopic (exact) mass is 328 g/mol. The van der Waals surface area contributed by atoms with E-state index in [9.17, 15) is 18.5 Å². The Morgan fingerprint density at radius 3 is 2.59 bits per heavy atom. The number of ether oxygens (including phenoxy) is 1. The van der Waals surface area contributed by atoms with E-state index in [2.05, 4.69) is 4.72 Å². The predicted molar refractivity (Wildman–Crippen MR) is 83.6 cm³/mol. The Balaban J connectivity index is 2.22. The molecule has 0 radical (unpaired) electrons. The van der Waals surface area contributed by atoms with Gasteiger partial charge in [0, 0.05) is 6.07 Å². The molecule has 1 N–H and O–H groups in total. The van der Waals surface area contributed by atoms with Crippen molar-refractivity contribution >= 4 is 21.4 Å². The SMILES string of the molecule is CS(=O)(=O)Nc1cccc([N+](=O)[O-])c1OCC1CCCCC1. The Morgan fingerprint density at radius 2 is 2.00 bits per heavy atom. The zero-order chi connectivity index (χ0) is 16.2. The van der Waals surface area contributed by atoms with Gasteiger partial charge in [0.2, 0.25) is 15.8 Å². The molecule has 1 fully saturated rings. The van der Waals surface area contributed by atoms with Crippen molar-refractivity contribution in [1.29, 1.82) is 0 Å². The van der Waals surface area contributed by atoms with E-state index in [4.69, 9.17) is 4.74 Å². The van der Waals surface area contributed by atoms with Gasteiger partial charge in [0.15, 0.2) is 0 Å². The first-order valence-corrected chi connectivity index (χ1v) is 9.14. The van der Waals surface area contributed by atoms with Crippen molar-refractivity contribution in [2.45, 2.75) is 32.1 Å². The van der Waals surface area contributed by atoms with E-state index in [-0.39, 0.29) is 17.1 Å². The topological polar surface area (TPSA) is 98.5 Å². The van der Waals surface area contributed by atoms with Crippen LogP contribution in [-0.4, -0.2) is 26.2 Å². The number of nitro groups is 1. The van der Waals surface area contributed by atoms with Crippen LogP contribution in [0.5, 0.6) is 5.75 Å². The molecule has 0 unspecified atom stereocenters. The van der Waals surface area contributed by atoms with Crippen molar-refractivity contribution in [3.8, 4) is 5.75 Å². The number of nitrogens with one attached hydrogen (secondary N) is 1. The zero-order valence-corrected chi connectivity index (χ0v) is 13.3. The number of hydrogen-bond donors (Lipinski definition) is 1. The number of anilines is 1. The van der Waals surface area contributed by atoms with Gasteiger partial charge in [-0.2, -0.15) is 0 Å². The van der Waals surface area contributed by atoms with Gasteiger partial charge in [0.1, 0.15) is 0 Å². The molecule has 7 nitrogen and oxygen atoms in total. The van der Waals surface area contributed by atoms with Crippen molar-refractivity contribution in [3.63, 3.8) is 0 Å². The fraction of sp³-hybridized carbons (Fsp3) is 0.571. The molecule has 22 heavy (non-hydrogen) atoms. The van der Waals surface area contributed by atoms with Crippen LogP contribution in [0.25, 0.3) is 0 Å². The molecule has 0 bridgehead atoms. The van der Waals surface area contributed by atoms with Crippen LogP contribution in [0.1, 0.15) is 32.1 Å². The number of nitro benzene ring substituents is 1. The van der Waals surface area contributed by atoms with Gasteiger partial charge in [0.25, 0.3) is 0 Å². The molecule has 1 saturated carbocycles. The Labute approximate surface area is 129 Å². The molecule has 122 valence electrons. The molecule has 0 spiro atoms. The summed E-state index contributed by atoms with van der Waals surface area (Å²) in [4.78, 5) is 10.6. The summed E-state index contributed by atoms with van der Waals surface area (Å²) < 4.78 is 30.7. The standard InChI is InChI=1S/C14H20N2O5S/c1-22(19,20)15-12-8-5-9-13(16(17)18)14(12)21-10-11-6-3-2-4-7-11/h5,8-9,11,15H,2-4,6-7,10H2,1H3. The lowest BCUT2D eigenvalue weighted by Crippen LogP contribution is -2.17. The molecule has 0 aromatic heterocycles. The maximum atomic E-state index is 11.4. The number of benzene rings is 1. The highest BCUT2D eigenvalue weighted by molar-refractivity contribution is 7.92. The van der Waals surface area contributed by atoms with Crippen molar-refractivity contribution in [1.82, 2.24) is 0 Å². The summed E-state index contributed by atoms with van der Waals surface area (Å²) in [5.74, 6) is 0.350. The van der Waals surface area contributed by atoms with Crippen molar-refractivity contribution in [2.24, 2.45) is 5.92 Å². The van der Waals surface area contributed by atoms with Gasteiger partial charge in [-0.15, -0.1) is 0 Å². The third kappa shape index (κ3) is 4.59. The fourth-order valence-electron chi connectivity index (χ4n) is 2.66. The first-order valence-electron chi connectivity index (χ1n) is 7.25. The molecule has 1 aliphatic rings. The Morgan fingerprint density at radius 1 is 1.32 bits per heavy atom. The van der Waals surface area contributed by atoms with Gasteiger partial charge >= 0.3 is 5.69 Å². The molecule has 0 heterocycles. The summed E-state index contributed by atoms with van der Waals surface area (Å²) in [5, 5.41) is 11.1. The average Bonchev–Trinajstić information content (AvgIpc) is 2.45. The van der Waals surface area contributed by atoms with Crippen LogP contribution < -0.4 is 9.46 Å². The maximum Gasteiger partial charge on any atom is 0.313 e. The number of nitrogens with zero attached hydrogens (tertiary/aromatic N) is 1. The van der Waals surface area contributed by atoms with E-state index in [0.29, 0.717) is 12.5 Å². The molecule has 0 saturated heterocycles. The first kappa shape index (κ1) is 16.5. The highest BCUT2D eigenvalue weighted by Crippen LogP contribution is 2.36. The third-order valence-electron chi connectivity index (χ3n) is 3.67. The molecule has 8 heteroatoms. The van der Waals surface area contributed by atoms with Crippen LogP contribution in [0.3, 0.4) is 0 Å². The Bertz CT molecular complexity index is 639. The van der Waals surface area contributed by atoms with Crippen LogP contribution in [-0.2, 0) is 10.0 Å². The normalized spacial score (nSPS) is 16.2. The van der Waals surface area contributed by atoms with Crippen LogP contribution in [0, 0.1) is 16.0 Å². The van der Waals surface area contributed by atoms with Gasteiger partial charge in [-0.1, -0.05) is 25.3 Å². The average molecular weight is 328 g/mol. The lowest BCUT2D eigenvalue weighted by Gasteiger charge is -2.22. The zero-order valence-electron chi connectivity index (χ0n) is 12.4. The van der Waals surface area contributed by atoms with E-state index < -0.39 is 14.9 Å². The van der Waals surface area contributed by atoms with Gasteiger partial charge in [-0.05, 0) is 24.8 Å². The van der Waals surface area contributed by atoms with Gasteiger partial charge < -0.3 is 4.74 Å². The summed E-state index contributed by atoms with van der Waals surface area (Å²) in [6, 6.07) is 4.20. The number of hydrogen-bond acceptors (Lipinski definition) is 5. The highest BCUT2D eigenvalue weighted by Gasteiger charge is 2.23. The minimum absolute atomic E-state index is 0.0106. The quantitative estimate of drug-likeness (QED) is 0.639. The van der Waals surface area contributed by atoms with E-state index in [1.54, 1.807) is 0 Å². The summed E-state index contributed by atoms with van der Waals surface area (Å²) in [6.07, 6.45) is 6.56. The van der Waals surface area contributed by atoms with Gasteiger partial charge in [0.05, 0.1) is 23.5 Å². The minimum atomic E-state index is -3.54. The highest BCUT2D eigenvalue weighted by atomic mass is 32.2. The maximum absolute atomic E-state index is 11.4. The van der Waals surface area contributed by atoms with Crippen LogP contribution in [0.2, 0.25) is 0 Å². The molecular weight excluding hydrogens is 308 g/mol. The number of para-hydroxylation sites is 1. The smallest absolute Gasteiger partial charge is 0.313 e. The lowest BCUT2D eigenvalue weighted by atomic mass is 9.90. The van der Waals surface area contributed by atoms with Crippen molar-refractivity contribution < 1.29 is 18.1 Å². The van der Waals surface area contributed by atoms with Crippen LogP contribution in [0.4, 0.5) is 11.4 Å². The van der Waals surface area contributed by atoms with E-state index >= 15 is 0 Å². The Kier molecular flexibility index (Phi) is 5.23. The summed E-state index contributed by atoms with van der Waals surface area (Å²) in [7, 11) is -3.54. The molecule has 1 aromatic carbocycles. The van der Waals surface area contributed by atoms with Crippen LogP contribution in [0.15, 0.2) is 18.2 Å². The molecule has 0 atom stereocenters. The largest absolute Gasteiger partial charge is 0.485 e. The van der Waals surface area contributed by atoms with E-state index in [1.807, 2.05) is 0 Å². The molecule has 1 aromatic rings. The van der Waals surface area contributed by atoms with Crippen LogP contribution >= 0.6 is 0 Å². The Hall–Kier alpha value is -1.83. The first-order chi connectivity index (χ1) is 10.4. The van der Waals surface area contributed by atoms with E-state index in [0.717, 1.165) is 31.9 Å². The molecular formula is C14H20N2O5S. The second-order valence-corrected chi connectivity index (χ2v) is 7.35. The van der Waals surface area contributed by atoms with Crippen molar-refractivity contribution in [2.75, 3.05) is 17.6 Å². The molecule has 1 aliphatic carbocycles. The van der Waals surface area contributed by atoms with Crippen molar-refractivity contribution in [3.05, 3.63) is 28.3 Å². The minimum Gasteiger partial charge on any atom is -0.485 e. The number of sulfonamides is 1. The second-order valence-electron chi connectivity index (χ2n) is 5.60. The summed E-state index contributed by atoms with van der Waals surface area (Å²) in [5.41, 5.74) is -0.128. The number of rotatable bonds is 6. The molecule has 0 aliphatic heterocycles. The third-order valence-corrected chi connectivity index (χ3v) is 4.27. The predicted octanol–water partition coefficient (Wildman–Crippen LogP) is 2.93.